The van der Waals surface area contributed by atoms with Crippen molar-refractivity contribution in [1.29, 1.82) is 0 Å². The van der Waals surface area contributed by atoms with Gasteiger partial charge in [0.2, 0.25) is 17.6 Å². The number of Topliss-reactive ketones (excluding diaryl/α,β-unsaturated/α-hetero) is 2. The monoisotopic (exact) mass is 486 g/mol. The van der Waals surface area contributed by atoms with Crippen LogP contribution >= 0.6 is 0 Å². The zero-order chi connectivity index (χ0) is 26.5. The highest BCUT2D eigenvalue weighted by Crippen LogP contribution is 2.20. The lowest BCUT2D eigenvalue weighted by Crippen LogP contribution is -2.47. The molecule has 0 heterocycles. The molecule has 0 spiro atoms. The largest absolute Gasteiger partial charge is 0.346 e. The lowest BCUT2D eigenvalue weighted by atomic mass is 9.87. The fraction of sp³-hybridized carbons (Fsp3) is 0.607. The van der Waals surface area contributed by atoms with Crippen LogP contribution in [0.4, 0.5) is 0 Å². The minimum Gasteiger partial charge on any atom is -0.346 e. The van der Waals surface area contributed by atoms with Crippen molar-refractivity contribution < 1.29 is 24.0 Å². The Bertz CT molecular complexity index is 848. The van der Waals surface area contributed by atoms with Gasteiger partial charge in [0, 0.05) is 12.3 Å². The van der Waals surface area contributed by atoms with Crippen LogP contribution in [0.25, 0.3) is 0 Å². The van der Waals surface area contributed by atoms with Crippen molar-refractivity contribution in [3.05, 3.63) is 35.9 Å². The second-order valence-electron chi connectivity index (χ2n) is 10.6. The number of nitrogens with one attached hydrogen (secondary N) is 2. The molecular weight excluding hydrogens is 444 g/mol. The van der Waals surface area contributed by atoms with E-state index < -0.39 is 29.7 Å². The van der Waals surface area contributed by atoms with Gasteiger partial charge in [-0.05, 0) is 42.6 Å². The average molecular weight is 487 g/mol. The van der Waals surface area contributed by atoms with Gasteiger partial charge >= 0.3 is 0 Å². The first-order chi connectivity index (χ1) is 16.4. The molecule has 7 nitrogen and oxygen atoms in total. The summed E-state index contributed by atoms with van der Waals surface area (Å²) < 4.78 is 0. The molecule has 0 saturated heterocycles. The van der Waals surface area contributed by atoms with Crippen molar-refractivity contribution >= 4 is 29.7 Å². The van der Waals surface area contributed by atoms with Gasteiger partial charge < -0.3 is 10.6 Å². The quantitative estimate of drug-likeness (QED) is 0.274. The van der Waals surface area contributed by atoms with Gasteiger partial charge in [0.25, 0.3) is 0 Å². The molecule has 0 unspecified atom stereocenters. The summed E-state index contributed by atoms with van der Waals surface area (Å²) in [6.07, 6.45) is 1.62. The van der Waals surface area contributed by atoms with Crippen LogP contribution in [0.15, 0.2) is 30.3 Å². The normalized spacial score (nSPS) is 13.9. The minimum absolute atomic E-state index is 0.0449. The highest BCUT2D eigenvalue weighted by atomic mass is 16.2. The number of rotatable bonds is 16. The van der Waals surface area contributed by atoms with Crippen LogP contribution in [0.1, 0.15) is 72.8 Å². The third-order valence-corrected chi connectivity index (χ3v) is 5.70. The van der Waals surface area contributed by atoms with Gasteiger partial charge in [-0.25, -0.2) is 0 Å². The van der Waals surface area contributed by atoms with E-state index in [1.807, 2.05) is 71.9 Å². The summed E-state index contributed by atoms with van der Waals surface area (Å²) >= 11 is 0. The molecule has 7 heteroatoms. The van der Waals surface area contributed by atoms with Gasteiger partial charge in [0.05, 0.1) is 18.5 Å². The first-order valence-corrected chi connectivity index (χ1v) is 12.6. The molecule has 0 saturated carbocycles. The van der Waals surface area contributed by atoms with Crippen molar-refractivity contribution in [3.8, 4) is 0 Å². The van der Waals surface area contributed by atoms with E-state index in [0.717, 1.165) is 5.56 Å². The summed E-state index contributed by atoms with van der Waals surface area (Å²) in [6.45, 7) is 11.7. The molecule has 0 fully saturated rings. The van der Waals surface area contributed by atoms with Crippen LogP contribution in [-0.2, 0) is 30.4 Å². The summed E-state index contributed by atoms with van der Waals surface area (Å²) in [4.78, 5) is 62.2. The van der Waals surface area contributed by atoms with Crippen molar-refractivity contribution in [2.75, 3.05) is 0 Å². The second kappa shape index (κ2) is 15.2. The third kappa shape index (κ3) is 11.9. The van der Waals surface area contributed by atoms with E-state index in [4.69, 9.17) is 0 Å². The van der Waals surface area contributed by atoms with Gasteiger partial charge in [0.1, 0.15) is 0 Å². The maximum atomic E-state index is 13.3. The molecule has 0 aliphatic carbocycles. The smallest absolute Gasteiger partial charge is 0.224 e. The number of benzene rings is 1. The van der Waals surface area contributed by atoms with Gasteiger partial charge in [-0.1, -0.05) is 71.9 Å². The lowest BCUT2D eigenvalue weighted by Gasteiger charge is -2.25. The number of carbonyl (C=O) groups is 5. The first-order valence-electron chi connectivity index (χ1n) is 12.6. The Morgan fingerprint density at radius 1 is 0.771 bits per heavy atom. The number of aldehydes is 1. The van der Waals surface area contributed by atoms with Gasteiger partial charge in [0.15, 0.2) is 12.1 Å². The molecule has 2 N–H and O–H groups in total. The van der Waals surface area contributed by atoms with E-state index in [-0.39, 0.29) is 48.6 Å². The predicted molar refractivity (Wildman–Crippen MR) is 137 cm³/mol. The van der Waals surface area contributed by atoms with E-state index in [1.54, 1.807) is 0 Å². The van der Waals surface area contributed by atoms with E-state index in [2.05, 4.69) is 10.6 Å². The Morgan fingerprint density at radius 3 is 1.83 bits per heavy atom. The Labute approximate surface area is 209 Å². The molecular formula is C28H42N2O5. The Balaban J connectivity index is 2.98. The van der Waals surface area contributed by atoms with Crippen LogP contribution in [0, 0.1) is 23.7 Å². The standard InChI is InChI=1S/C28H42N2O5/c1-18(2)12-22(28(35)30-24(14-20(5)6)26(33)17-31)16-25(32)23(13-19(3)4)29-27(34)15-21-10-8-7-9-11-21/h7-11,17-20,22-24H,12-16H2,1-6H3,(H,29,34)(H,30,35)/t22-,23+,24+/m1/s1. The van der Waals surface area contributed by atoms with Crippen molar-refractivity contribution in [1.82, 2.24) is 10.6 Å². The van der Waals surface area contributed by atoms with Gasteiger partial charge in [-0.3, -0.25) is 24.0 Å². The average Bonchev–Trinajstić information content (AvgIpc) is 2.76. The van der Waals surface area contributed by atoms with Gasteiger partial charge in [-0.2, -0.15) is 0 Å². The molecule has 0 aromatic heterocycles. The zero-order valence-electron chi connectivity index (χ0n) is 22.0. The third-order valence-electron chi connectivity index (χ3n) is 5.70. The van der Waals surface area contributed by atoms with Crippen LogP contribution in [0.2, 0.25) is 0 Å². The van der Waals surface area contributed by atoms with Gasteiger partial charge in [-0.15, -0.1) is 0 Å². The highest BCUT2D eigenvalue weighted by Gasteiger charge is 2.31. The second-order valence-corrected chi connectivity index (χ2v) is 10.6. The summed E-state index contributed by atoms with van der Waals surface area (Å²) in [5, 5.41) is 5.57. The molecule has 3 atom stereocenters. The van der Waals surface area contributed by atoms with Crippen LogP contribution < -0.4 is 10.6 Å². The fourth-order valence-corrected chi connectivity index (χ4v) is 4.10. The van der Waals surface area contributed by atoms with E-state index in [9.17, 15) is 24.0 Å². The number of hydrogen-bond donors (Lipinski definition) is 2. The summed E-state index contributed by atoms with van der Waals surface area (Å²) in [6, 6.07) is 7.71. The summed E-state index contributed by atoms with van der Waals surface area (Å²) in [5.74, 6) is -1.78. The topological polar surface area (TPSA) is 109 Å². The SMILES string of the molecule is CC(C)C[C@H](CC(=O)[C@H](CC(C)C)NC(=O)Cc1ccccc1)C(=O)N[C@@H](CC(C)C)C(=O)C=O. The molecule has 0 radical (unpaired) electrons. The number of ketones is 2. The summed E-state index contributed by atoms with van der Waals surface area (Å²) in [7, 11) is 0. The number of carbonyl (C=O) groups excluding carboxylic acids is 5. The van der Waals surface area contributed by atoms with Crippen molar-refractivity contribution in [2.45, 2.75) is 85.7 Å². The van der Waals surface area contributed by atoms with Crippen molar-refractivity contribution in [2.24, 2.45) is 23.7 Å². The Kier molecular flexibility index (Phi) is 13.1. The lowest BCUT2D eigenvalue weighted by molar-refractivity contribution is -0.136. The molecule has 1 rings (SSSR count). The maximum Gasteiger partial charge on any atom is 0.224 e. The molecule has 0 bridgehead atoms. The molecule has 2 amide bonds. The van der Waals surface area contributed by atoms with E-state index in [1.165, 1.54) is 0 Å². The molecule has 1 aromatic rings. The Morgan fingerprint density at radius 2 is 1.31 bits per heavy atom. The van der Waals surface area contributed by atoms with E-state index >= 15 is 0 Å². The maximum absolute atomic E-state index is 13.3. The van der Waals surface area contributed by atoms with Crippen molar-refractivity contribution in [3.63, 3.8) is 0 Å². The van der Waals surface area contributed by atoms with E-state index in [0.29, 0.717) is 19.3 Å². The molecule has 35 heavy (non-hydrogen) atoms. The highest BCUT2D eigenvalue weighted by molar-refractivity contribution is 6.27. The molecule has 0 aliphatic rings. The predicted octanol–water partition coefficient (Wildman–Crippen LogP) is 3.68. The van der Waals surface area contributed by atoms with Crippen LogP contribution in [0.5, 0.6) is 0 Å². The minimum atomic E-state index is -0.901. The molecule has 1 aromatic carbocycles. The summed E-state index contributed by atoms with van der Waals surface area (Å²) in [5.41, 5.74) is 0.855. The number of amides is 2. The molecule has 0 aliphatic heterocycles. The Hall–Kier alpha value is -2.83. The van der Waals surface area contributed by atoms with Crippen LogP contribution in [0.3, 0.4) is 0 Å². The number of hydrogen-bond acceptors (Lipinski definition) is 5. The zero-order valence-corrected chi connectivity index (χ0v) is 22.0. The fourth-order valence-electron chi connectivity index (χ4n) is 4.10. The van der Waals surface area contributed by atoms with Crippen LogP contribution in [-0.4, -0.2) is 41.8 Å². The molecule has 194 valence electrons. The first kappa shape index (κ1) is 30.2.